The average molecular weight is 352 g/mol. The van der Waals surface area contributed by atoms with E-state index in [9.17, 15) is 0 Å². The molecule has 0 aromatic carbocycles. The first-order valence-electron chi connectivity index (χ1n) is 2.64. The van der Waals surface area contributed by atoms with Crippen LogP contribution in [-0.4, -0.2) is 6.04 Å². The summed E-state index contributed by atoms with van der Waals surface area (Å²) in [6.07, 6.45) is 0. The molecule has 0 bridgehead atoms. The minimum absolute atomic E-state index is 0.186. The number of halogens is 2. The van der Waals surface area contributed by atoms with E-state index in [4.69, 9.17) is 4.84 Å². The minimum atomic E-state index is 0.186. The topological polar surface area (TPSA) is 21.3 Å². The van der Waals surface area contributed by atoms with Gasteiger partial charge in [-0.25, -0.2) is 0 Å². The van der Waals surface area contributed by atoms with Crippen LogP contribution in [0.5, 0.6) is 0 Å². The SMILES string of the molecule is CC1=C([I-]I)C(C)NO1. The molecule has 4 heteroatoms. The number of nitrogens with one attached hydrogen (secondary N) is 1. The Hall–Kier alpha value is 0.960. The van der Waals surface area contributed by atoms with Crippen LogP contribution in [0.1, 0.15) is 13.8 Å². The average Bonchev–Trinajstić information content (AvgIpc) is 2.12. The third-order valence-corrected chi connectivity index (χ3v) is 6.26. The fourth-order valence-electron chi connectivity index (χ4n) is 0.694. The molecule has 0 aromatic rings. The first-order valence-corrected chi connectivity index (χ1v) is 10.0. The monoisotopic (exact) mass is 352 g/mol. The molecule has 0 saturated heterocycles. The molecule has 0 amide bonds. The van der Waals surface area contributed by atoms with Gasteiger partial charge in [-0.05, 0) is 0 Å². The molecule has 1 aliphatic heterocycles. The maximum atomic E-state index is 5.12. The van der Waals surface area contributed by atoms with Crippen molar-refractivity contribution in [3.8, 4) is 0 Å². The van der Waals surface area contributed by atoms with Crippen molar-refractivity contribution < 1.29 is 22.1 Å². The summed E-state index contributed by atoms with van der Waals surface area (Å²) in [5, 5.41) is 0. The molecule has 0 spiro atoms. The van der Waals surface area contributed by atoms with E-state index >= 15 is 0 Å². The molecule has 1 atom stereocenters. The molecule has 1 aliphatic rings. The zero-order valence-corrected chi connectivity index (χ0v) is 9.56. The zero-order chi connectivity index (χ0) is 6.85. The van der Waals surface area contributed by atoms with Gasteiger partial charge in [-0.3, -0.25) is 0 Å². The zero-order valence-electron chi connectivity index (χ0n) is 5.24. The summed E-state index contributed by atoms with van der Waals surface area (Å²) in [5.74, 6) is 1.09. The van der Waals surface area contributed by atoms with Crippen LogP contribution in [-0.2, 0) is 4.84 Å². The molecule has 0 radical (unpaired) electrons. The molecular weight excluding hydrogens is 344 g/mol. The van der Waals surface area contributed by atoms with E-state index in [2.05, 4.69) is 31.0 Å². The Kier molecular flexibility index (Phi) is 3.03. The Morgan fingerprint density at radius 2 is 2.44 bits per heavy atom. The van der Waals surface area contributed by atoms with Crippen molar-refractivity contribution in [3.05, 3.63) is 9.34 Å². The fraction of sp³-hybridized carbons (Fsp3) is 0.600. The summed E-state index contributed by atoms with van der Waals surface area (Å²) >= 11 is 2.64. The van der Waals surface area contributed by atoms with E-state index in [0.717, 1.165) is 5.76 Å². The molecule has 0 saturated carbocycles. The summed E-state index contributed by atoms with van der Waals surface area (Å²) in [5.41, 5.74) is 2.92. The van der Waals surface area contributed by atoms with E-state index in [1.165, 1.54) is 3.58 Å². The molecule has 1 unspecified atom stereocenters. The molecule has 1 rings (SSSR count). The molecular formula is C5H8I2NO-. The van der Waals surface area contributed by atoms with Crippen molar-refractivity contribution in [1.82, 2.24) is 5.48 Å². The van der Waals surface area contributed by atoms with Gasteiger partial charge in [-0.1, -0.05) is 0 Å². The van der Waals surface area contributed by atoms with Crippen LogP contribution in [0.3, 0.4) is 0 Å². The summed E-state index contributed by atoms with van der Waals surface area (Å²) in [6, 6.07) is 0.453. The number of rotatable bonds is 1. The number of allylic oxidation sites excluding steroid dienone is 1. The Morgan fingerprint density at radius 3 is 2.67 bits per heavy atom. The Morgan fingerprint density at radius 1 is 1.78 bits per heavy atom. The molecule has 2 nitrogen and oxygen atoms in total. The summed E-state index contributed by atoms with van der Waals surface area (Å²) < 4.78 is 1.48. The second-order valence-corrected chi connectivity index (χ2v) is 6.22. The maximum absolute atomic E-state index is 5.12. The Bertz CT molecular complexity index is 146. The van der Waals surface area contributed by atoms with Gasteiger partial charge >= 0.3 is 75.4 Å². The van der Waals surface area contributed by atoms with E-state index in [1.807, 2.05) is 6.92 Å². The Labute approximate surface area is 74.8 Å². The number of hydrogen-bond acceptors (Lipinski definition) is 2. The summed E-state index contributed by atoms with van der Waals surface area (Å²) in [4.78, 5) is 5.12. The summed E-state index contributed by atoms with van der Waals surface area (Å²) in [7, 11) is 0. The van der Waals surface area contributed by atoms with Crippen molar-refractivity contribution in [2.45, 2.75) is 19.9 Å². The first-order chi connectivity index (χ1) is 4.25. The van der Waals surface area contributed by atoms with Crippen LogP contribution in [0.4, 0.5) is 0 Å². The third-order valence-electron chi connectivity index (χ3n) is 1.18. The van der Waals surface area contributed by atoms with Gasteiger partial charge < -0.3 is 0 Å². The Balaban J connectivity index is 2.69. The van der Waals surface area contributed by atoms with E-state index in [-0.39, 0.29) is 17.2 Å². The molecule has 1 N–H and O–H groups in total. The molecule has 9 heavy (non-hydrogen) atoms. The predicted octanol–water partition coefficient (Wildman–Crippen LogP) is -1.42. The van der Waals surface area contributed by atoms with Gasteiger partial charge in [0.05, 0.1) is 0 Å². The third kappa shape index (κ3) is 1.70. The number of hydrogen-bond donors (Lipinski definition) is 1. The second-order valence-electron chi connectivity index (χ2n) is 1.92. The predicted molar refractivity (Wildman–Crippen MR) is 40.4 cm³/mol. The van der Waals surface area contributed by atoms with Crippen molar-refractivity contribution in [2.75, 3.05) is 0 Å². The van der Waals surface area contributed by atoms with Crippen molar-refractivity contribution in [2.24, 2.45) is 0 Å². The van der Waals surface area contributed by atoms with Gasteiger partial charge in [0.25, 0.3) is 0 Å². The van der Waals surface area contributed by atoms with E-state index < -0.39 is 0 Å². The normalized spacial score (nSPS) is 27.2. The van der Waals surface area contributed by atoms with Crippen LogP contribution in [0.2, 0.25) is 0 Å². The molecule has 0 aromatic heterocycles. The molecule has 1 heterocycles. The van der Waals surface area contributed by atoms with Crippen LogP contribution >= 0.6 is 18.6 Å². The molecule has 0 aliphatic carbocycles. The van der Waals surface area contributed by atoms with Gasteiger partial charge in [0.2, 0.25) is 0 Å². The van der Waals surface area contributed by atoms with Crippen molar-refractivity contribution in [1.29, 1.82) is 0 Å². The standard InChI is InChI=1S/C5H8I2NO/c1-3-5(7-6)4(2)9-8-3/h3,8H,1-2H3/q-1. The quantitative estimate of drug-likeness (QED) is 0.586. The van der Waals surface area contributed by atoms with E-state index in [1.54, 1.807) is 0 Å². The number of hydroxylamine groups is 1. The van der Waals surface area contributed by atoms with Crippen molar-refractivity contribution >= 4 is 18.6 Å². The van der Waals surface area contributed by atoms with Crippen LogP contribution in [0, 0.1) is 0 Å². The van der Waals surface area contributed by atoms with Crippen LogP contribution in [0.25, 0.3) is 0 Å². The van der Waals surface area contributed by atoms with Crippen LogP contribution < -0.4 is 22.7 Å². The van der Waals surface area contributed by atoms with Crippen molar-refractivity contribution in [3.63, 3.8) is 0 Å². The van der Waals surface area contributed by atoms with Gasteiger partial charge in [0.15, 0.2) is 0 Å². The molecule has 0 fully saturated rings. The first kappa shape index (κ1) is 8.06. The van der Waals surface area contributed by atoms with Gasteiger partial charge in [0, 0.05) is 0 Å². The molecule has 54 valence electrons. The van der Waals surface area contributed by atoms with Gasteiger partial charge in [-0.2, -0.15) is 0 Å². The fourth-order valence-corrected chi connectivity index (χ4v) is 5.87. The van der Waals surface area contributed by atoms with E-state index in [0.29, 0.717) is 6.04 Å². The second kappa shape index (κ2) is 3.38. The van der Waals surface area contributed by atoms with Gasteiger partial charge in [0.1, 0.15) is 0 Å². The van der Waals surface area contributed by atoms with Gasteiger partial charge in [-0.15, -0.1) is 0 Å². The summed E-state index contributed by atoms with van der Waals surface area (Å²) in [6.45, 7) is 4.15. The van der Waals surface area contributed by atoms with Crippen LogP contribution in [0.15, 0.2) is 9.34 Å².